The first-order valence-electron chi connectivity index (χ1n) is 5.32. The molecule has 17 heavy (non-hydrogen) atoms. The van der Waals surface area contributed by atoms with Crippen molar-refractivity contribution in [1.82, 2.24) is 4.72 Å². The summed E-state index contributed by atoms with van der Waals surface area (Å²) < 4.78 is 30.2. The molecule has 0 rings (SSSR count). The molecule has 0 aromatic heterocycles. The minimum Gasteiger partial charge on any atom is -0.480 e. The largest absolute Gasteiger partial charge is 0.480 e. The maximum Gasteiger partial charge on any atom is 0.322 e. The highest BCUT2D eigenvalue weighted by Crippen LogP contribution is 2.20. The van der Waals surface area contributed by atoms with Gasteiger partial charge in [-0.05, 0) is 11.8 Å². The standard InChI is InChI=1S/C10H21NO5S/c1-10(2,3)8(9(12)13)11-17(14,15)7-5-6-16-4/h8,11H,5-7H2,1-4H3,(H,12,13). The number of carboxylic acids is 1. The molecule has 1 unspecified atom stereocenters. The van der Waals surface area contributed by atoms with Crippen LogP contribution in [0.1, 0.15) is 27.2 Å². The lowest BCUT2D eigenvalue weighted by atomic mass is 9.88. The number of hydrogen-bond acceptors (Lipinski definition) is 4. The Bertz CT molecular complexity index is 344. The van der Waals surface area contributed by atoms with Crippen molar-refractivity contribution in [3.05, 3.63) is 0 Å². The zero-order valence-corrected chi connectivity index (χ0v) is 11.5. The second-order valence-electron chi connectivity index (χ2n) is 4.92. The van der Waals surface area contributed by atoms with Crippen LogP contribution in [-0.4, -0.2) is 45.0 Å². The Balaban J connectivity index is 4.61. The van der Waals surface area contributed by atoms with E-state index in [0.29, 0.717) is 13.0 Å². The molecule has 6 nitrogen and oxygen atoms in total. The molecule has 0 spiro atoms. The molecule has 0 aliphatic carbocycles. The molecule has 102 valence electrons. The first-order valence-corrected chi connectivity index (χ1v) is 6.97. The fourth-order valence-electron chi connectivity index (χ4n) is 1.23. The van der Waals surface area contributed by atoms with Crippen LogP contribution >= 0.6 is 0 Å². The summed E-state index contributed by atoms with van der Waals surface area (Å²) in [7, 11) is -2.11. The van der Waals surface area contributed by atoms with Gasteiger partial charge in [0.25, 0.3) is 0 Å². The number of carboxylic acid groups (broad SMARTS) is 1. The number of nitrogens with one attached hydrogen (secondary N) is 1. The van der Waals surface area contributed by atoms with E-state index >= 15 is 0 Å². The number of aliphatic carboxylic acids is 1. The average Bonchev–Trinajstić information content (AvgIpc) is 2.12. The normalized spacial score (nSPS) is 14.6. The van der Waals surface area contributed by atoms with Gasteiger partial charge >= 0.3 is 5.97 Å². The van der Waals surface area contributed by atoms with Crippen LogP contribution < -0.4 is 4.72 Å². The third-order valence-electron chi connectivity index (χ3n) is 2.17. The Labute approximate surface area is 102 Å². The van der Waals surface area contributed by atoms with Gasteiger partial charge in [0.1, 0.15) is 6.04 Å². The number of rotatable bonds is 7. The lowest BCUT2D eigenvalue weighted by Gasteiger charge is -2.27. The van der Waals surface area contributed by atoms with Crippen molar-refractivity contribution in [1.29, 1.82) is 0 Å². The lowest BCUT2D eigenvalue weighted by Crippen LogP contribution is -2.49. The average molecular weight is 267 g/mol. The van der Waals surface area contributed by atoms with E-state index in [1.54, 1.807) is 20.8 Å². The fourth-order valence-corrected chi connectivity index (χ4v) is 2.66. The summed E-state index contributed by atoms with van der Waals surface area (Å²) in [5.74, 6) is -1.31. The first kappa shape index (κ1) is 16.3. The third kappa shape index (κ3) is 6.60. The minimum atomic E-state index is -3.59. The number of carbonyl (C=O) groups is 1. The smallest absolute Gasteiger partial charge is 0.322 e. The second-order valence-corrected chi connectivity index (χ2v) is 6.79. The van der Waals surface area contributed by atoms with Gasteiger partial charge in [-0.2, -0.15) is 0 Å². The van der Waals surface area contributed by atoms with Crippen LogP contribution in [0.25, 0.3) is 0 Å². The van der Waals surface area contributed by atoms with Crippen molar-refractivity contribution in [3.8, 4) is 0 Å². The predicted octanol–water partition coefficient (Wildman–Crippen LogP) is 0.442. The van der Waals surface area contributed by atoms with Crippen LogP contribution in [0.4, 0.5) is 0 Å². The summed E-state index contributed by atoms with van der Waals surface area (Å²) >= 11 is 0. The lowest BCUT2D eigenvalue weighted by molar-refractivity contribution is -0.141. The van der Waals surface area contributed by atoms with Crippen LogP contribution in [-0.2, 0) is 19.6 Å². The van der Waals surface area contributed by atoms with E-state index in [1.807, 2.05) is 0 Å². The Kier molecular flexibility index (Phi) is 6.08. The van der Waals surface area contributed by atoms with Crippen LogP contribution in [0, 0.1) is 5.41 Å². The van der Waals surface area contributed by atoms with Crippen molar-refractivity contribution >= 4 is 16.0 Å². The zero-order chi connectivity index (χ0) is 13.7. The van der Waals surface area contributed by atoms with Gasteiger partial charge in [-0.25, -0.2) is 13.1 Å². The molecular weight excluding hydrogens is 246 g/mol. The van der Waals surface area contributed by atoms with Gasteiger partial charge in [0, 0.05) is 13.7 Å². The van der Waals surface area contributed by atoms with E-state index in [2.05, 4.69) is 4.72 Å². The molecule has 0 aliphatic rings. The Morgan fingerprint density at radius 2 is 1.94 bits per heavy atom. The Morgan fingerprint density at radius 1 is 1.41 bits per heavy atom. The highest BCUT2D eigenvalue weighted by molar-refractivity contribution is 7.89. The van der Waals surface area contributed by atoms with Gasteiger partial charge in [-0.3, -0.25) is 4.79 Å². The Hall–Kier alpha value is -0.660. The number of hydrogen-bond donors (Lipinski definition) is 2. The van der Waals surface area contributed by atoms with Gasteiger partial charge in [0.2, 0.25) is 10.0 Å². The molecule has 0 aromatic rings. The van der Waals surface area contributed by atoms with E-state index in [-0.39, 0.29) is 5.75 Å². The molecule has 2 N–H and O–H groups in total. The summed E-state index contributed by atoms with van der Waals surface area (Å²) in [6.45, 7) is 5.34. The molecule has 0 aliphatic heterocycles. The van der Waals surface area contributed by atoms with Gasteiger partial charge < -0.3 is 9.84 Å². The summed E-state index contributed by atoms with van der Waals surface area (Å²) in [6, 6.07) is -1.13. The van der Waals surface area contributed by atoms with Crippen LogP contribution in [0.15, 0.2) is 0 Å². The van der Waals surface area contributed by atoms with Crippen molar-refractivity contribution in [2.24, 2.45) is 5.41 Å². The summed E-state index contributed by atoms with van der Waals surface area (Å²) in [6.07, 6.45) is 0.336. The van der Waals surface area contributed by atoms with E-state index in [1.165, 1.54) is 7.11 Å². The van der Waals surface area contributed by atoms with Crippen molar-refractivity contribution in [2.75, 3.05) is 19.5 Å². The maximum absolute atomic E-state index is 11.6. The summed E-state index contributed by atoms with van der Waals surface area (Å²) in [4.78, 5) is 11.0. The first-order chi connectivity index (χ1) is 7.60. The molecule has 0 aromatic carbocycles. The third-order valence-corrected chi connectivity index (χ3v) is 3.59. The van der Waals surface area contributed by atoms with E-state index < -0.39 is 27.4 Å². The minimum absolute atomic E-state index is 0.138. The molecule has 0 heterocycles. The van der Waals surface area contributed by atoms with E-state index in [9.17, 15) is 13.2 Å². The van der Waals surface area contributed by atoms with E-state index in [4.69, 9.17) is 9.84 Å². The van der Waals surface area contributed by atoms with Gasteiger partial charge in [0.15, 0.2) is 0 Å². The number of methoxy groups -OCH3 is 1. The monoisotopic (exact) mass is 267 g/mol. The van der Waals surface area contributed by atoms with E-state index in [0.717, 1.165) is 0 Å². The van der Waals surface area contributed by atoms with Gasteiger partial charge in [-0.1, -0.05) is 20.8 Å². The molecule has 1 atom stereocenters. The summed E-state index contributed by atoms with van der Waals surface area (Å²) in [5.41, 5.74) is -0.680. The number of sulfonamides is 1. The number of ether oxygens (including phenoxy) is 1. The second kappa shape index (κ2) is 6.32. The van der Waals surface area contributed by atoms with Gasteiger partial charge in [-0.15, -0.1) is 0 Å². The van der Waals surface area contributed by atoms with Crippen molar-refractivity contribution < 1.29 is 23.1 Å². The molecule has 0 fully saturated rings. The van der Waals surface area contributed by atoms with Crippen LogP contribution in [0.5, 0.6) is 0 Å². The molecule has 0 amide bonds. The molecule has 0 bridgehead atoms. The van der Waals surface area contributed by atoms with Crippen molar-refractivity contribution in [2.45, 2.75) is 33.2 Å². The fraction of sp³-hybridized carbons (Fsp3) is 0.900. The zero-order valence-electron chi connectivity index (χ0n) is 10.7. The Morgan fingerprint density at radius 3 is 2.29 bits per heavy atom. The molecule has 7 heteroatoms. The molecular formula is C10H21NO5S. The SMILES string of the molecule is COCCCS(=O)(=O)NC(C(=O)O)C(C)(C)C. The molecule has 0 saturated carbocycles. The topological polar surface area (TPSA) is 92.7 Å². The predicted molar refractivity (Wildman–Crippen MR) is 64.3 cm³/mol. The highest BCUT2D eigenvalue weighted by Gasteiger charge is 2.34. The summed E-state index contributed by atoms with van der Waals surface area (Å²) in [5, 5.41) is 8.99. The quantitative estimate of drug-likeness (QED) is 0.653. The molecule has 0 radical (unpaired) electrons. The highest BCUT2D eigenvalue weighted by atomic mass is 32.2. The van der Waals surface area contributed by atoms with Crippen LogP contribution in [0.2, 0.25) is 0 Å². The maximum atomic E-state index is 11.6. The van der Waals surface area contributed by atoms with Crippen LogP contribution in [0.3, 0.4) is 0 Å². The molecule has 0 saturated heterocycles. The van der Waals surface area contributed by atoms with Crippen molar-refractivity contribution in [3.63, 3.8) is 0 Å². The van der Waals surface area contributed by atoms with Gasteiger partial charge in [0.05, 0.1) is 5.75 Å².